The minimum Gasteiger partial charge on any atom is -0.509 e. The number of allylic oxidation sites excluding steroid dienone is 4. The molecule has 1 N–H and O–H groups in total. The second-order valence-corrected chi connectivity index (χ2v) is 9.64. The fourth-order valence-corrected chi connectivity index (χ4v) is 3.92. The lowest BCUT2D eigenvalue weighted by Gasteiger charge is -2.26. The van der Waals surface area contributed by atoms with Crippen LogP contribution in [0.1, 0.15) is 49.1 Å². The number of rotatable bonds is 11. The standard InChI is InChI=1S/C29H31F2N3O4/c1-19-25(33-26(37-19)15-21-8-6-5-7-9-21)17-34(18-27-32-12-13-36-27)16-22-10-11-23(30)28(24(31)14-22)38-29(3,4)20(2)35/h5-9,11-14,35H,2,10,15-18H2,1,3-4H3. The van der Waals surface area contributed by atoms with E-state index in [1.165, 1.54) is 32.3 Å². The van der Waals surface area contributed by atoms with Crippen LogP contribution in [0.15, 0.2) is 99.1 Å². The third-order valence-electron chi connectivity index (χ3n) is 6.14. The van der Waals surface area contributed by atoms with E-state index in [1.54, 1.807) is 6.20 Å². The predicted molar refractivity (Wildman–Crippen MR) is 138 cm³/mol. The summed E-state index contributed by atoms with van der Waals surface area (Å²) in [7, 11) is 0. The number of nitrogens with zero attached hydrogens (tertiary/aromatic N) is 3. The fourth-order valence-electron chi connectivity index (χ4n) is 3.92. The molecule has 0 spiro atoms. The normalized spacial score (nSPS) is 14.4. The molecule has 0 saturated heterocycles. The largest absolute Gasteiger partial charge is 0.509 e. The van der Waals surface area contributed by atoms with E-state index in [0.29, 0.717) is 42.6 Å². The van der Waals surface area contributed by atoms with Crippen molar-refractivity contribution in [1.29, 1.82) is 0 Å². The van der Waals surface area contributed by atoms with Crippen molar-refractivity contribution in [3.05, 3.63) is 119 Å². The maximum absolute atomic E-state index is 15.1. The molecule has 3 aromatic rings. The number of benzene rings is 1. The van der Waals surface area contributed by atoms with Crippen LogP contribution in [0.3, 0.4) is 0 Å². The highest BCUT2D eigenvalue weighted by Crippen LogP contribution is 2.32. The van der Waals surface area contributed by atoms with E-state index in [1.807, 2.05) is 42.2 Å². The summed E-state index contributed by atoms with van der Waals surface area (Å²) in [6.45, 7) is 9.20. The Morgan fingerprint density at radius 2 is 1.92 bits per heavy atom. The SMILES string of the molecule is C=C(O)C(C)(C)OC1=C(F)C=C(CN(Cc2ncco2)Cc2nc(Cc3ccccc3)oc2C)CC=C1F. The molecule has 7 nitrogen and oxygen atoms in total. The third-order valence-corrected chi connectivity index (χ3v) is 6.14. The van der Waals surface area contributed by atoms with E-state index in [0.717, 1.165) is 11.3 Å². The van der Waals surface area contributed by atoms with E-state index < -0.39 is 23.0 Å². The van der Waals surface area contributed by atoms with Gasteiger partial charge in [0.05, 0.1) is 18.4 Å². The van der Waals surface area contributed by atoms with Gasteiger partial charge >= 0.3 is 0 Å². The van der Waals surface area contributed by atoms with Gasteiger partial charge in [0.2, 0.25) is 5.89 Å². The van der Waals surface area contributed by atoms with Crippen LogP contribution in [0.2, 0.25) is 0 Å². The Morgan fingerprint density at radius 1 is 1.16 bits per heavy atom. The first-order valence-corrected chi connectivity index (χ1v) is 12.2. The highest BCUT2D eigenvalue weighted by Gasteiger charge is 2.29. The van der Waals surface area contributed by atoms with E-state index in [4.69, 9.17) is 18.6 Å². The minimum atomic E-state index is -1.37. The zero-order valence-corrected chi connectivity index (χ0v) is 21.7. The average Bonchev–Trinajstić information content (AvgIpc) is 3.47. The maximum Gasteiger partial charge on any atom is 0.208 e. The first-order valence-electron chi connectivity index (χ1n) is 12.2. The Bertz CT molecular complexity index is 1360. The topological polar surface area (TPSA) is 84.8 Å². The second-order valence-electron chi connectivity index (χ2n) is 9.64. The van der Waals surface area contributed by atoms with Gasteiger partial charge in [0.15, 0.2) is 28.9 Å². The van der Waals surface area contributed by atoms with Gasteiger partial charge in [-0.25, -0.2) is 18.7 Å². The van der Waals surface area contributed by atoms with Crippen LogP contribution in [0.25, 0.3) is 0 Å². The monoisotopic (exact) mass is 523 g/mol. The Labute approximate surface area is 220 Å². The molecule has 0 radical (unpaired) electrons. The van der Waals surface area contributed by atoms with Crippen molar-refractivity contribution >= 4 is 0 Å². The van der Waals surface area contributed by atoms with Crippen molar-refractivity contribution in [3.63, 3.8) is 0 Å². The van der Waals surface area contributed by atoms with Crippen molar-refractivity contribution in [3.8, 4) is 0 Å². The number of ether oxygens (including phenoxy) is 1. The van der Waals surface area contributed by atoms with Gasteiger partial charge < -0.3 is 18.7 Å². The van der Waals surface area contributed by atoms with Gasteiger partial charge in [0.1, 0.15) is 17.8 Å². The molecular formula is C29H31F2N3O4. The lowest BCUT2D eigenvalue weighted by molar-refractivity contribution is 0.0286. The summed E-state index contributed by atoms with van der Waals surface area (Å²) in [4.78, 5) is 10.9. The molecule has 0 bridgehead atoms. The lowest BCUT2D eigenvalue weighted by Crippen LogP contribution is -2.26. The molecule has 2 heterocycles. The number of hydrogen-bond acceptors (Lipinski definition) is 7. The molecule has 0 amide bonds. The zero-order chi connectivity index (χ0) is 27.3. The van der Waals surface area contributed by atoms with Crippen LogP contribution < -0.4 is 0 Å². The van der Waals surface area contributed by atoms with Crippen molar-refractivity contribution in [1.82, 2.24) is 14.9 Å². The zero-order valence-electron chi connectivity index (χ0n) is 21.7. The Balaban J connectivity index is 1.56. The number of oxazole rings is 2. The van der Waals surface area contributed by atoms with Crippen LogP contribution in [0.4, 0.5) is 8.78 Å². The summed E-state index contributed by atoms with van der Waals surface area (Å²) in [6, 6.07) is 9.91. The molecule has 38 heavy (non-hydrogen) atoms. The highest BCUT2D eigenvalue weighted by atomic mass is 19.1. The fraction of sp³-hybridized carbons (Fsp3) is 0.310. The van der Waals surface area contributed by atoms with Gasteiger partial charge in [-0.3, -0.25) is 4.90 Å². The van der Waals surface area contributed by atoms with Gasteiger partial charge in [-0.15, -0.1) is 0 Å². The van der Waals surface area contributed by atoms with Crippen LogP contribution in [-0.4, -0.2) is 32.1 Å². The molecule has 1 aromatic carbocycles. The highest BCUT2D eigenvalue weighted by molar-refractivity contribution is 5.36. The van der Waals surface area contributed by atoms with Gasteiger partial charge in [-0.1, -0.05) is 36.9 Å². The molecule has 0 fully saturated rings. The molecule has 0 aliphatic heterocycles. The Hall–Kier alpha value is -3.98. The summed E-state index contributed by atoms with van der Waals surface area (Å²) in [5.41, 5.74) is 1.06. The van der Waals surface area contributed by atoms with Crippen molar-refractivity contribution in [2.45, 2.75) is 52.3 Å². The number of aromatic nitrogens is 2. The number of aliphatic hydroxyl groups is 1. The molecule has 0 unspecified atom stereocenters. The van der Waals surface area contributed by atoms with E-state index in [2.05, 4.69) is 11.6 Å². The quantitative estimate of drug-likeness (QED) is 0.277. The van der Waals surface area contributed by atoms with Crippen LogP contribution in [0.5, 0.6) is 0 Å². The molecular weight excluding hydrogens is 492 g/mol. The molecule has 0 saturated carbocycles. The van der Waals surface area contributed by atoms with E-state index in [-0.39, 0.29) is 18.7 Å². The van der Waals surface area contributed by atoms with Crippen molar-refractivity contribution < 1.29 is 27.5 Å². The average molecular weight is 524 g/mol. The van der Waals surface area contributed by atoms with Crippen LogP contribution >= 0.6 is 0 Å². The number of halogens is 2. The molecule has 9 heteroatoms. The summed E-state index contributed by atoms with van der Waals surface area (Å²) in [5.74, 6) is -0.873. The minimum absolute atomic E-state index is 0.158. The summed E-state index contributed by atoms with van der Waals surface area (Å²) in [6.07, 6.45) is 6.27. The summed E-state index contributed by atoms with van der Waals surface area (Å²) < 4.78 is 46.7. The van der Waals surface area contributed by atoms with Crippen molar-refractivity contribution in [2.75, 3.05) is 6.54 Å². The number of aliphatic hydroxyl groups excluding tert-OH is 1. The summed E-state index contributed by atoms with van der Waals surface area (Å²) >= 11 is 0. The van der Waals surface area contributed by atoms with Crippen LogP contribution in [0, 0.1) is 6.92 Å². The van der Waals surface area contributed by atoms with Crippen LogP contribution in [-0.2, 0) is 24.2 Å². The first-order chi connectivity index (χ1) is 18.1. The van der Waals surface area contributed by atoms with Gasteiger partial charge in [-0.2, -0.15) is 0 Å². The molecule has 1 aliphatic carbocycles. The molecule has 4 rings (SSSR count). The smallest absolute Gasteiger partial charge is 0.208 e. The number of aryl methyl sites for hydroxylation is 1. The summed E-state index contributed by atoms with van der Waals surface area (Å²) in [5, 5.41) is 9.74. The molecule has 0 atom stereocenters. The van der Waals surface area contributed by atoms with Crippen molar-refractivity contribution in [2.24, 2.45) is 0 Å². The predicted octanol–water partition coefficient (Wildman–Crippen LogP) is 6.80. The second kappa shape index (κ2) is 11.6. The Kier molecular flexibility index (Phi) is 8.26. The number of hydrogen-bond donors (Lipinski definition) is 1. The van der Waals surface area contributed by atoms with Gasteiger partial charge in [-0.05, 0) is 50.5 Å². The van der Waals surface area contributed by atoms with Gasteiger partial charge in [0, 0.05) is 19.5 Å². The Morgan fingerprint density at radius 3 is 2.61 bits per heavy atom. The lowest BCUT2D eigenvalue weighted by atomic mass is 10.1. The van der Waals surface area contributed by atoms with E-state index in [9.17, 15) is 9.50 Å². The molecule has 1 aliphatic rings. The maximum atomic E-state index is 15.1. The third kappa shape index (κ3) is 6.86. The molecule has 2 aromatic heterocycles. The van der Waals surface area contributed by atoms with E-state index >= 15 is 4.39 Å². The molecule has 200 valence electrons. The van der Waals surface area contributed by atoms with Gasteiger partial charge in [0.25, 0.3) is 0 Å². The first kappa shape index (κ1) is 27.1.